The van der Waals surface area contributed by atoms with E-state index in [4.69, 9.17) is 0 Å². The maximum Gasteiger partial charge on any atom is 0.184 e. The SMILES string of the molecule is CC(C)C(=O)c1c2ccccc2nn1CCN(C)C. The highest BCUT2D eigenvalue weighted by Gasteiger charge is 2.20. The van der Waals surface area contributed by atoms with Gasteiger partial charge >= 0.3 is 0 Å². The van der Waals surface area contributed by atoms with Gasteiger partial charge in [-0.1, -0.05) is 32.0 Å². The number of carbonyl (C=O) groups is 1. The Bertz CT molecular complexity index is 584. The van der Waals surface area contributed by atoms with Crippen molar-refractivity contribution in [3.8, 4) is 0 Å². The van der Waals surface area contributed by atoms with Gasteiger partial charge in [-0.2, -0.15) is 5.10 Å². The standard InChI is InChI=1S/C15H21N3O/c1-11(2)15(19)14-12-7-5-6-8-13(12)16-18(14)10-9-17(3)4/h5-8,11H,9-10H2,1-4H3. The molecule has 102 valence electrons. The van der Waals surface area contributed by atoms with Crippen LogP contribution in [-0.2, 0) is 6.54 Å². The lowest BCUT2D eigenvalue weighted by Crippen LogP contribution is -2.22. The van der Waals surface area contributed by atoms with Crippen LogP contribution in [0, 0.1) is 5.92 Å². The average Bonchev–Trinajstić information content (AvgIpc) is 2.73. The van der Waals surface area contributed by atoms with E-state index in [1.54, 1.807) is 0 Å². The van der Waals surface area contributed by atoms with Crippen LogP contribution < -0.4 is 0 Å². The van der Waals surface area contributed by atoms with Crippen LogP contribution in [0.4, 0.5) is 0 Å². The Hall–Kier alpha value is -1.68. The van der Waals surface area contributed by atoms with Crippen LogP contribution in [0.1, 0.15) is 24.3 Å². The number of fused-ring (bicyclic) bond motifs is 1. The first-order chi connectivity index (χ1) is 9.00. The normalized spacial score (nSPS) is 11.7. The molecule has 0 aliphatic carbocycles. The lowest BCUT2D eigenvalue weighted by atomic mass is 10.0. The monoisotopic (exact) mass is 259 g/mol. The second-order valence-corrected chi connectivity index (χ2v) is 5.41. The van der Waals surface area contributed by atoms with E-state index in [9.17, 15) is 4.79 Å². The molecule has 0 spiro atoms. The van der Waals surface area contributed by atoms with E-state index < -0.39 is 0 Å². The average molecular weight is 259 g/mol. The van der Waals surface area contributed by atoms with Gasteiger partial charge < -0.3 is 4.90 Å². The summed E-state index contributed by atoms with van der Waals surface area (Å²) in [6.45, 7) is 5.46. The Labute approximate surface area is 114 Å². The van der Waals surface area contributed by atoms with Crippen LogP contribution in [0.15, 0.2) is 24.3 Å². The predicted octanol–water partition coefficient (Wildman–Crippen LogP) is 2.44. The third-order valence-electron chi connectivity index (χ3n) is 3.16. The molecule has 0 unspecified atom stereocenters. The fourth-order valence-corrected chi connectivity index (χ4v) is 2.07. The fraction of sp³-hybridized carbons (Fsp3) is 0.467. The van der Waals surface area contributed by atoms with E-state index >= 15 is 0 Å². The topological polar surface area (TPSA) is 38.1 Å². The number of carbonyl (C=O) groups excluding carboxylic acids is 1. The molecule has 2 rings (SSSR count). The highest BCUT2D eigenvalue weighted by atomic mass is 16.1. The van der Waals surface area contributed by atoms with Gasteiger partial charge in [0.25, 0.3) is 0 Å². The van der Waals surface area contributed by atoms with Crippen molar-refractivity contribution in [2.45, 2.75) is 20.4 Å². The van der Waals surface area contributed by atoms with E-state index in [0.717, 1.165) is 29.7 Å². The summed E-state index contributed by atoms with van der Waals surface area (Å²) in [7, 11) is 4.04. The number of benzene rings is 1. The van der Waals surface area contributed by atoms with Crippen molar-refractivity contribution in [3.63, 3.8) is 0 Å². The largest absolute Gasteiger partial charge is 0.308 e. The second kappa shape index (κ2) is 5.53. The smallest absolute Gasteiger partial charge is 0.184 e. The van der Waals surface area contributed by atoms with Crippen molar-refractivity contribution in [3.05, 3.63) is 30.0 Å². The summed E-state index contributed by atoms with van der Waals surface area (Å²) >= 11 is 0. The zero-order valence-electron chi connectivity index (χ0n) is 12.1. The number of rotatable bonds is 5. The Morgan fingerprint density at radius 2 is 2.00 bits per heavy atom. The Morgan fingerprint density at radius 1 is 1.32 bits per heavy atom. The van der Waals surface area contributed by atoms with Gasteiger partial charge in [-0.3, -0.25) is 9.48 Å². The first-order valence-corrected chi connectivity index (χ1v) is 6.65. The van der Waals surface area contributed by atoms with Crippen LogP contribution in [-0.4, -0.2) is 41.1 Å². The van der Waals surface area contributed by atoms with E-state index in [1.165, 1.54) is 0 Å². The minimum atomic E-state index is -0.0155. The molecule has 0 atom stereocenters. The van der Waals surface area contributed by atoms with Gasteiger partial charge in [0.1, 0.15) is 5.69 Å². The molecule has 1 heterocycles. The molecule has 1 aromatic carbocycles. The molecule has 0 amide bonds. The predicted molar refractivity (Wildman–Crippen MR) is 77.5 cm³/mol. The first-order valence-electron chi connectivity index (χ1n) is 6.65. The summed E-state index contributed by atoms with van der Waals surface area (Å²) in [5.41, 5.74) is 1.64. The molecule has 0 saturated heterocycles. The summed E-state index contributed by atoms with van der Waals surface area (Å²) < 4.78 is 1.85. The van der Waals surface area contributed by atoms with Gasteiger partial charge in [0, 0.05) is 17.8 Å². The highest BCUT2D eigenvalue weighted by molar-refractivity contribution is 6.06. The highest BCUT2D eigenvalue weighted by Crippen LogP contribution is 2.21. The van der Waals surface area contributed by atoms with Crippen LogP contribution in [0.25, 0.3) is 10.9 Å². The van der Waals surface area contributed by atoms with E-state index in [-0.39, 0.29) is 11.7 Å². The maximum atomic E-state index is 12.4. The maximum absolute atomic E-state index is 12.4. The van der Waals surface area contributed by atoms with Crippen molar-refractivity contribution >= 4 is 16.7 Å². The van der Waals surface area contributed by atoms with Crippen molar-refractivity contribution < 1.29 is 4.79 Å². The molecule has 0 fully saturated rings. The molecule has 0 N–H and O–H groups in total. The molecule has 0 saturated carbocycles. The molecule has 0 bridgehead atoms. The molecule has 4 heteroatoms. The van der Waals surface area contributed by atoms with Gasteiger partial charge in [-0.25, -0.2) is 0 Å². The number of likely N-dealkylation sites (N-methyl/N-ethyl adjacent to an activating group) is 1. The van der Waals surface area contributed by atoms with Gasteiger partial charge in [0.15, 0.2) is 5.78 Å². The lowest BCUT2D eigenvalue weighted by molar-refractivity contribution is 0.0929. The van der Waals surface area contributed by atoms with Crippen molar-refractivity contribution in [2.24, 2.45) is 5.92 Å². The van der Waals surface area contributed by atoms with Gasteiger partial charge in [-0.15, -0.1) is 0 Å². The number of hydrogen-bond donors (Lipinski definition) is 0. The summed E-state index contributed by atoms with van der Waals surface area (Å²) in [6.07, 6.45) is 0. The van der Waals surface area contributed by atoms with Crippen molar-refractivity contribution in [1.29, 1.82) is 0 Å². The van der Waals surface area contributed by atoms with E-state index in [2.05, 4.69) is 10.00 Å². The third-order valence-corrected chi connectivity index (χ3v) is 3.16. The van der Waals surface area contributed by atoms with Crippen LogP contribution in [0.5, 0.6) is 0 Å². The molecule has 0 aliphatic rings. The molecule has 4 nitrogen and oxygen atoms in total. The van der Waals surface area contributed by atoms with Gasteiger partial charge in [0.05, 0.1) is 12.1 Å². The summed E-state index contributed by atoms with van der Waals surface area (Å²) in [4.78, 5) is 14.5. The number of Topliss-reactive ketones (excluding diaryl/α,β-unsaturated/α-hetero) is 1. The van der Waals surface area contributed by atoms with Crippen molar-refractivity contribution in [2.75, 3.05) is 20.6 Å². The minimum Gasteiger partial charge on any atom is -0.308 e. The molecule has 2 aromatic rings. The third kappa shape index (κ3) is 2.84. The number of ketones is 1. The summed E-state index contributed by atoms with van der Waals surface area (Å²) in [5, 5.41) is 5.52. The zero-order valence-corrected chi connectivity index (χ0v) is 12.1. The summed E-state index contributed by atoms with van der Waals surface area (Å²) in [5.74, 6) is 0.144. The second-order valence-electron chi connectivity index (χ2n) is 5.41. The Kier molecular flexibility index (Phi) is 4.00. The Morgan fingerprint density at radius 3 is 2.63 bits per heavy atom. The molecule has 1 aromatic heterocycles. The minimum absolute atomic E-state index is 0.0155. The fourth-order valence-electron chi connectivity index (χ4n) is 2.07. The number of hydrogen-bond acceptors (Lipinski definition) is 3. The van der Waals surface area contributed by atoms with Crippen molar-refractivity contribution in [1.82, 2.24) is 14.7 Å². The van der Waals surface area contributed by atoms with Crippen LogP contribution >= 0.6 is 0 Å². The van der Waals surface area contributed by atoms with Gasteiger partial charge in [-0.05, 0) is 20.2 Å². The molecule has 0 aliphatic heterocycles. The molecule has 0 radical (unpaired) electrons. The zero-order chi connectivity index (χ0) is 14.0. The molecule has 19 heavy (non-hydrogen) atoms. The molecular formula is C15H21N3O. The first kappa shape index (κ1) is 13.7. The number of aromatic nitrogens is 2. The van der Waals surface area contributed by atoms with Crippen LogP contribution in [0.2, 0.25) is 0 Å². The molecular weight excluding hydrogens is 238 g/mol. The van der Waals surface area contributed by atoms with E-state index in [0.29, 0.717) is 0 Å². The summed E-state index contributed by atoms with van der Waals surface area (Å²) in [6, 6.07) is 7.84. The Balaban J connectivity index is 2.49. The van der Waals surface area contributed by atoms with Gasteiger partial charge in [0.2, 0.25) is 0 Å². The van der Waals surface area contributed by atoms with E-state index in [1.807, 2.05) is 56.9 Å². The van der Waals surface area contributed by atoms with Crippen LogP contribution in [0.3, 0.4) is 0 Å². The lowest BCUT2D eigenvalue weighted by Gasteiger charge is -2.12. The quantitative estimate of drug-likeness (QED) is 0.774. The number of nitrogens with zero attached hydrogens (tertiary/aromatic N) is 3.